The Hall–Kier alpha value is -1.53. The second-order valence-electron chi connectivity index (χ2n) is 6.15. The second-order valence-corrected chi connectivity index (χ2v) is 7.97. The van der Waals surface area contributed by atoms with Crippen LogP contribution < -0.4 is 5.56 Å². The molecule has 6 heteroatoms. The normalized spacial score (nSPS) is 12.2. The fourth-order valence-corrected chi connectivity index (χ4v) is 4.02. The molecule has 0 aliphatic heterocycles. The zero-order chi connectivity index (χ0) is 15.2. The van der Waals surface area contributed by atoms with Gasteiger partial charge < -0.3 is 0 Å². The lowest BCUT2D eigenvalue weighted by Crippen LogP contribution is -2.20. The van der Waals surface area contributed by atoms with Crippen LogP contribution in [-0.4, -0.2) is 14.5 Å². The third-order valence-corrected chi connectivity index (χ3v) is 5.26. The van der Waals surface area contributed by atoms with E-state index in [-0.39, 0.29) is 11.0 Å². The molecule has 0 aromatic carbocycles. The van der Waals surface area contributed by atoms with Crippen molar-refractivity contribution in [2.75, 3.05) is 0 Å². The van der Waals surface area contributed by atoms with Gasteiger partial charge in [0.15, 0.2) is 0 Å². The fourth-order valence-electron chi connectivity index (χ4n) is 2.05. The van der Waals surface area contributed by atoms with Crippen LogP contribution in [0.15, 0.2) is 21.9 Å². The van der Waals surface area contributed by atoms with Crippen LogP contribution in [0.5, 0.6) is 0 Å². The maximum Gasteiger partial charge on any atom is 0.271 e. The number of hydrogen-bond acceptors (Lipinski definition) is 5. The zero-order valence-corrected chi connectivity index (χ0v) is 14.1. The van der Waals surface area contributed by atoms with Crippen molar-refractivity contribution in [1.29, 1.82) is 0 Å². The van der Waals surface area contributed by atoms with Gasteiger partial charge in [0, 0.05) is 10.8 Å². The number of aryl methyl sites for hydroxylation is 1. The van der Waals surface area contributed by atoms with Crippen molar-refractivity contribution in [3.63, 3.8) is 0 Å². The Labute approximate surface area is 131 Å². The van der Waals surface area contributed by atoms with Gasteiger partial charge in [-0.1, -0.05) is 20.8 Å². The summed E-state index contributed by atoms with van der Waals surface area (Å²) in [4.78, 5) is 21.5. The van der Waals surface area contributed by atoms with E-state index in [0.29, 0.717) is 6.54 Å². The number of thiazole rings is 1. The van der Waals surface area contributed by atoms with Gasteiger partial charge in [0.1, 0.15) is 9.71 Å². The summed E-state index contributed by atoms with van der Waals surface area (Å²) in [6, 6.07) is 0. The number of aromatic nitrogens is 3. The molecule has 3 rings (SSSR count). The van der Waals surface area contributed by atoms with Crippen molar-refractivity contribution < 1.29 is 0 Å². The first-order chi connectivity index (χ1) is 9.86. The Morgan fingerprint density at radius 1 is 1.24 bits per heavy atom. The maximum atomic E-state index is 12.5. The molecule has 110 valence electrons. The summed E-state index contributed by atoms with van der Waals surface area (Å²) in [6.45, 7) is 8.88. The van der Waals surface area contributed by atoms with Crippen molar-refractivity contribution in [2.24, 2.45) is 0 Å². The van der Waals surface area contributed by atoms with Gasteiger partial charge in [0.25, 0.3) is 5.56 Å². The number of thiophene rings is 1. The highest BCUT2D eigenvalue weighted by molar-refractivity contribution is 7.17. The molecule has 3 aromatic heterocycles. The van der Waals surface area contributed by atoms with Crippen LogP contribution in [0.25, 0.3) is 10.2 Å². The fraction of sp³-hybridized carbons (Fsp3) is 0.400. The van der Waals surface area contributed by atoms with Crippen molar-refractivity contribution in [3.05, 3.63) is 43.7 Å². The standard InChI is InChI=1S/C15H17N3OS2/c1-9-6-21-13-12(9)16-8-18(14(13)19)5-11-17-10(7-20-11)15(2,3)4/h6-8H,5H2,1-4H3. The molecule has 4 nitrogen and oxygen atoms in total. The van der Waals surface area contributed by atoms with Crippen LogP contribution >= 0.6 is 22.7 Å². The van der Waals surface area contributed by atoms with E-state index >= 15 is 0 Å². The molecular formula is C15H17N3OS2. The first kappa shape index (κ1) is 14.4. The summed E-state index contributed by atoms with van der Waals surface area (Å²) in [6.07, 6.45) is 1.63. The van der Waals surface area contributed by atoms with Crippen molar-refractivity contribution in [2.45, 2.75) is 39.7 Å². The van der Waals surface area contributed by atoms with Crippen molar-refractivity contribution >= 4 is 32.9 Å². The quantitative estimate of drug-likeness (QED) is 0.725. The molecule has 0 saturated heterocycles. The van der Waals surface area contributed by atoms with Crippen LogP contribution in [0.3, 0.4) is 0 Å². The van der Waals surface area contributed by atoms with Gasteiger partial charge >= 0.3 is 0 Å². The van der Waals surface area contributed by atoms with Crippen LogP contribution in [0.1, 0.15) is 37.0 Å². The summed E-state index contributed by atoms with van der Waals surface area (Å²) < 4.78 is 2.37. The molecule has 0 radical (unpaired) electrons. The van der Waals surface area contributed by atoms with Crippen molar-refractivity contribution in [1.82, 2.24) is 14.5 Å². The van der Waals surface area contributed by atoms with E-state index in [9.17, 15) is 4.79 Å². The topological polar surface area (TPSA) is 47.8 Å². The molecule has 0 unspecified atom stereocenters. The van der Waals surface area contributed by atoms with E-state index in [1.54, 1.807) is 22.2 Å². The zero-order valence-electron chi connectivity index (χ0n) is 12.5. The molecule has 0 N–H and O–H groups in total. The highest BCUT2D eigenvalue weighted by Gasteiger charge is 2.18. The Morgan fingerprint density at radius 2 is 2.00 bits per heavy atom. The molecule has 0 aliphatic rings. The average molecular weight is 319 g/mol. The molecule has 0 saturated carbocycles. The van der Waals surface area contributed by atoms with Gasteiger partial charge in [0.05, 0.1) is 24.1 Å². The summed E-state index contributed by atoms with van der Waals surface area (Å²) in [7, 11) is 0. The van der Waals surface area contributed by atoms with E-state index in [1.807, 2.05) is 12.3 Å². The first-order valence-electron chi connectivity index (χ1n) is 6.74. The maximum absolute atomic E-state index is 12.5. The van der Waals surface area contributed by atoms with Crippen LogP contribution in [0.2, 0.25) is 0 Å². The molecule has 0 atom stereocenters. The van der Waals surface area contributed by atoms with Crippen molar-refractivity contribution in [3.8, 4) is 0 Å². The van der Waals surface area contributed by atoms with Crippen LogP contribution in [0, 0.1) is 6.92 Å². The highest BCUT2D eigenvalue weighted by Crippen LogP contribution is 2.24. The number of nitrogens with zero attached hydrogens (tertiary/aromatic N) is 3. The Bertz CT molecular complexity index is 852. The van der Waals surface area contributed by atoms with Gasteiger partial charge in [-0.05, 0) is 17.9 Å². The SMILES string of the molecule is Cc1csc2c(=O)n(Cc3nc(C(C)(C)C)cs3)cnc12. The lowest BCUT2D eigenvalue weighted by Gasteiger charge is -2.14. The average Bonchev–Trinajstić information content (AvgIpc) is 3.00. The van der Waals surface area contributed by atoms with E-state index in [4.69, 9.17) is 0 Å². The predicted molar refractivity (Wildman–Crippen MR) is 88.5 cm³/mol. The second kappa shape index (κ2) is 5.03. The van der Waals surface area contributed by atoms with E-state index in [1.165, 1.54) is 11.3 Å². The lowest BCUT2D eigenvalue weighted by atomic mass is 9.93. The number of hydrogen-bond donors (Lipinski definition) is 0. The third-order valence-electron chi connectivity index (χ3n) is 3.35. The highest BCUT2D eigenvalue weighted by atomic mass is 32.1. The van der Waals surface area contributed by atoms with E-state index < -0.39 is 0 Å². The molecular weight excluding hydrogens is 302 g/mol. The van der Waals surface area contributed by atoms with Crippen LogP contribution in [0.4, 0.5) is 0 Å². The molecule has 3 aromatic rings. The summed E-state index contributed by atoms with van der Waals surface area (Å²) in [5.74, 6) is 0. The van der Waals surface area contributed by atoms with Gasteiger partial charge in [-0.25, -0.2) is 9.97 Å². The number of fused-ring (bicyclic) bond motifs is 1. The Balaban J connectivity index is 1.97. The molecule has 21 heavy (non-hydrogen) atoms. The summed E-state index contributed by atoms with van der Waals surface area (Å²) >= 11 is 3.06. The minimum absolute atomic E-state index is 0.0191. The minimum Gasteiger partial charge on any atom is -0.291 e. The van der Waals surface area contributed by atoms with E-state index in [2.05, 4.69) is 36.1 Å². The number of rotatable bonds is 2. The van der Waals surface area contributed by atoms with Gasteiger partial charge in [0.2, 0.25) is 0 Å². The van der Waals surface area contributed by atoms with Gasteiger partial charge in [-0.15, -0.1) is 22.7 Å². The molecule has 3 heterocycles. The Morgan fingerprint density at radius 3 is 2.67 bits per heavy atom. The molecule has 0 bridgehead atoms. The third kappa shape index (κ3) is 2.65. The molecule has 0 aliphatic carbocycles. The molecule has 0 amide bonds. The predicted octanol–water partition coefficient (Wildman–Crippen LogP) is 3.57. The van der Waals surface area contributed by atoms with Gasteiger partial charge in [-0.2, -0.15) is 0 Å². The monoisotopic (exact) mass is 319 g/mol. The van der Waals surface area contributed by atoms with Crippen LogP contribution in [-0.2, 0) is 12.0 Å². The summed E-state index contributed by atoms with van der Waals surface area (Å²) in [5, 5.41) is 4.99. The van der Waals surface area contributed by atoms with Gasteiger partial charge in [-0.3, -0.25) is 9.36 Å². The first-order valence-corrected chi connectivity index (χ1v) is 8.50. The Kier molecular flexibility index (Phi) is 3.45. The lowest BCUT2D eigenvalue weighted by molar-refractivity contribution is 0.569. The smallest absolute Gasteiger partial charge is 0.271 e. The summed E-state index contributed by atoms with van der Waals surface area (Å²) in [5.41, 5.74) is 2.99. The minimum atomic E-state index is 0.0191. The molecule has 0 fully saturated rings. The largest absolute Gasteiger partial charge is 0.291 e. The van der Waals surface area contributed by atoms with E-state index in [0.717, 1.165) is 26.5 Å². The molecule has 0 spiro atoms.